The maximum Gasteiger partial charge on any atom is 0.311 e. The molecule has 0 amide bonds. The number of carbonyl (C=O) groups excluding carboxylic acids is 2. The fourth-order valence-corrected chi connectivity index (χ4v) is 4.28. The van der Waals surface area contributed by atoms with E-state index in [9.17, 15) is 9.59 Å². The smallest absolute Gasteiger partial charge is 0.311 e. The van der Waals surface area contributed by atoms with Crippen molar-refractivity contribution in [3.05, 3.63) is 35.9 Å². The van der Waals surface area contributed by atoms with Gasteiger partial charge in [-0.25, -0.2) is 0 Å². The lowest BCUT2D eigenvalue weighted by molar-refractivity contribution is -0.135. The van der Waals surface area contributed by atoms with Gasteiger partial charge >= 0.3 is 11.9 Å². The minimum absolute atomic E-state index is 0.192. The molecule has 0 atom stereocenters. The van der Waals surface area contributed by atoms with Crippen molar-refractivity contribution in [2.75, 3.05) is 0 Å². The van der Waals surface area contributed by atoms with Gasteiger partial charge in [-0.3, -0.25) is 9.59 Å². The van der Waals surface area contributed by atoms with Crippen LogP contribution >= 0.6 is 0 Å². The molecule has 0 heterocycles. The maximum absolute atomic E-state index is 12.6. The summed E-state index contributed by atoms with van der Waals surface area (Å²) in [4.78, 5) is 25.1. The van der Waals surface area contributed by atoms with Crippen LogP contribution in [-0.2, 0) is 16.0 Å². The molecule has 2 rings (SSSR count). The highest BCUT2D eigenvalue weighted by Crippen LogP contribution is 2.37. The van der Waals surface area contributed by atoms with Gasteiger partial charge in [-0.2, -0.15) is 0 Å². The van der Waals surface area contributed by atoms with Gasteiger partial charge in [0.15, 0.2) is 0 Å². The Bertz CT molecular complexity index is 887. The molecule has 0 aliphatic carbocycles. The minimum atomic E-state index is -0.199. The average molecular weight is 469 g/mol. The molecule has 0 aliphatic rings. The van der Waals surface area contributed by atoms with Crippen molar-refractivity contribution in [3.63, 3.8) is 0 Å². The first kappa shape index (κ1) is 27.9. The van der Waals surface area contributed by atoms with Crippen LogP contribution in [0.5, 0.6) is 11.5 Å². The molecule has 4 nitrogen and oxygen atoms in total. The predicted octanol–water partition coefficient (Wildman–Crippen LogP) is 8.71. The molecule has 4 heteroatoms. The van der Waals surface area contributed by atoms with Crippen molar-refractivity contribution in [1.82, 2.24) is 0 Å². The monoisotopic (exact) mass is 468 g/mol. The number of aryl methyl sites for hydroxylation is 1. The molecule has 0 fully saturated rings. The number of unbranched alkanes of at least 4 members (excludes halogenated alkanes) is 10. The van der Waals surface area contributed by atoms with E-state index < -0.39 is 0 Å². The summed E-state index contributed by atoms with van der Waals surface area (Å²) in [6.45, 7) is 6.43. The standard InChI is InChI=1S/C30H44O4/c1-4-7-9-11-13-15-21-28(31)33-27-23-24(6-3)30(26-20-18-17-19-25(26)27)34-29(32)22-16-14-12-10-8-5-2/h17-20,23H,4-16,21-22H2,1-3H3. The van der Waals surface area contributed by atoms with Crippen LogP contribution in [0.2, 0.25) is 0 Å². The van der Waals surface area contributed by atoms with E-state index >= 15 is 0 Å². The first-order valence-electron chi connectivity index (χ1n) is 13.6. The SMILES string of the molecule is CCCCCCCCC(=O)Oc1cc(CC)c(OC(=O)CCCCCCCC)c2ccccc12. The first-order chi connectivity index (χ1) is 16.6. The highest BCUT2D eigenvalue weighted by atomic mass is 16.5. The van der Waals surface area contributed by atoms with E-state index in [1.807, 2.05) is 37.3 Å². The van der Waals surface area contributed by atoms with Crippen LogP contribution in [0.25, 0.3) is 10.8 Å². The number of rotatable bonds is 17. The maximum atomic E-state index is 12.6. The van der Waals surface area contributed by atoms with Gasteiger partial charge in [0.1, 0.15) is 11.5 Å². The molecule has 0 aliphatic heterocycles. The lowest BCUT2D eigenvalue weighted by atomic mass is 10.0. The Labute approximate surface area is 206 Å². The van der Waals surface area contributed by atoms with E-state index in [0.717, 1.165) is 42.0 Å². The number of carbonyl (C=O) groups is 2. The summed E-state index contributed by atoms with van der Waals surface area (Å²) < 4.78 is 11.7. The summed E-state index contributed by atoms with van der Waals surface area (Å²) in [7, 11) is 0. The van der Waals surface area contributed by atoms with Crippen molar-refractivity contribution >= 4 is 22.7 Å². The Balaban J connectivity index is 2.03. The Hall–Kier alpha value is -2.36. The van der Waals surface area contributed by atoms with Gasteiger partial charge in [0, 0.05) is 23.6 Å². The van der Waals surface area contributed by atoms with E-state index in [-0.39, 0.29) is 11.9 Å². The second kappa shape index (κ2) is 16.3. The van der Waals surface area contributed by atoms with Crippen LogP contribution in [0.4, 0.5) is 0 Å². The van der Waals surface area contributed by atoms with Gasteiger partial charge in [0.2, 0.25) is 0 Å². The van der Waals surface area contributed by atoms with Crippen molar-refractivity contribution in [3.8, 4) is 11.5 Å². The highest BCUT2D eigenvalue weighted by molar-refractivity contribution is 5.97. The fourth-order valence-electron chi connectivity index (χ4n) is 4.28. The zero-order chi connectivity index (χ0) is 24.6. The van der Waals surface area contributed by atoms with Gasteiger partial charge in [-0.1, -0.05) is 109 Å². The molecular weight excluding hydrogens is 424 g/mol. The number of hydrogen-bond acceptors (Lipinski definition) is 4. The molecule has 0 bridgehead atoms. The molecular formula is C30H44O4. The summed E-state index contributed by atoms with van der Waals surface area (Å²) in [5.41, 5.74) is 0.886. The minimum Gasteiger partial charge on any atom is -0.426 e. The van der Waals surface area contributed by atoms with Crippen LogP contribution in [0.1, 0.15) is 116 Å². The van der Waals surface area contributed by atoms with E-state index in [1.165, 1.54) is 51.4 Å². The number of benzene rings is 2. The lowest BCUT2D eigenvalue weighted by Crippen LogP contribution is -2.11. The van der Waals surface area contributed by atoms with Gasteiger partial charge < -0.3 is 9.47 Å². The largest absolute Gasteiger partial charge is 0.426 e. The van der Waals surface area contributed by atoms with Gasteiger partial charge in [0.05, 0.1) is 0 Å². The molecule has 2 aromatic carbocycles. The first-order valence-corrected chi connectivity index (χ1v) is 13.6. The predicted molar refractivity (Wildman–Crippen MR) is 141 cm³/mol. The summed E-state index contributed by atoms with van der Waals surface area (Å²) in [6, 6.07) is 9.57. The van der Waals surface area contributed by atoms with Crippen LogP contribution in [-0.4, -0.2) is 11.9 Å². The Morgan fingerprint density at radius 1 is 0.647 bits per heavy atom. The van der Waals surface area contributed by atoms with Gasteiger partial charge in [-0.05, 0) is 30.9 Å². The Morgan fingerprint density at radius 2 is 1.15 bits per heavy atom. The van der Waals surface area contributed by atoms with Crippen molar-refractivity contribution < 1.29 is 19.1 Å². The summed E-state index contributed by atoms with van der Waals surface area (Å²) in [5, 5.41) is 1.62. The van der Waals surface area contributed by atoms with Crippen molar-refractivity contribution in [2.45, 2.75) is 117 Å². The normalized spacial score (nSPS) is 11.0. The van der Waals surface area contributed by atoms with E-state index in [4.69, 9.17) is 9.47 Å². The quantitative estimate of drug-likeness (QED) is 0.132. The average Bonchev–Trinajstić information content (AvgIpc) is 2.84. The van der Waals surface area contributed by atoms with Crippen molar-refractivity contribution in [1.29, 1.82) is 0 Å². The molecule has 0 unspecified atom stereocenters. The lowest BCUT2D eigenvalue weighted by Gasteiger charge is -2.16. The second-order valence-corrected chi connectivity index (χ2v) is 9.25. The van der Waals surface area contributed by atoms with Gasteiger partial charge in [-0.15, -0.1) is 0 Å². The van der Waals surface area contributed by atoms with Crippen LogP contribution < -0.4 is 9.47 Å². The Kier molecular flexibility index (Phi) is 13.4. The topological polar surface area (TPSA) is 52.6 Å². The van der Waals surface area contributed by atoms with Crippen LogP contribution in [0, 0.1) is 0 Å². The van der Waals surface area contributed by atoms with Crippen LogP contribution in [0.15, 0.2) is 30.3 Å². The molecule has 0 N–H and O–H groups in total. The molecule has 0 radical (unpaired) electrons. The number of esters is 2. The third kappa shape index (κ3) is 9.48. The number of hydrogen-bond donors (Lipinski definition) is 0. The highest BCUT2D eigenvalue weighted by Gasteiger charge is 2.18. The molecule has 0 saturated carbocycles. The third-order valence-corrected chi connectivity index (χ3v) is 6.32. The van der Waals surface area contributed by atoms with Gasteiger partial charge in [0.25, 0.3) is 0 Å². The number of fused-ring (bicyclic) bond motifs is 1. The molecule has 0 saturated heterocycles. The number of ether oxygens (including phenoxy) is 2. The third-order valence-electron chi connectivity index (χ3n) is 6.32. The summed E-state index contributed by atoms with van der Waals surface area (Å²) in [6.07, 6.45) is 15.1. The van der Waals surface area contributed by atoms with E-state index in [0.29, 0.717) is 30.8 Å². The Morgan fingerprint density at radius 3 is 1.71 bits per heavy atom. The molecule has 34 heavy (non-hydrogen) atoms. The van der Waals surface area contributed by atoms with E-state index in [1.54, 1.807) is 0 Å². The summed E-state index contributed by atoms with van der Waals surface area (Å²) in [5.74, 6) is 0.766. The molecule has 188 valence electrons. The van der Waals surface area contributed by atoms with Crippen LogP contribution in [0.3, 0.4) is 0 Å². The molecule has 0 aromatic heterocycles. The summed E-state index contributed by atoms with van der Waals surface area (Å²) >= 11 is 0. The molecule has 2 aromatic rings. The second-order valence-electron chi connectivity index (χ2n) is 9.25. The molecule has 0 spiro atoms. The zero-order valence-corrected chi connectivity index (χ0v) is 21.6. The van der Waals surface area contributed by atoms with Crippen molar-refractivity contribution in [2.24, 2.45) is 0 Å². The fraction of sp³-hybridized carbons (Fsp3) is 0.600. The zero-order valence-electron chi connectivity index (χ0n) is 21.6. The van der Waals surface area contributed by atoms with E-state index in [2.05, 4.69) is 13.8 Å².